The summed E-state index contributed by atoms with van der Waals surface area (Å²) in [6, 6.07) is 0. The number of carbonyl (C=O) groups is 3. The molecular weight excluding hydrogens is 204 g/mol. The molecule has 1 amide bonds. The van der Waals surface area contributed by atoms with Crippen LogP contribution >= 0.6 is 0 Å². The minimum atomic E-state index is -1.82. The average Bonchev–Trinajstić information content (AvgIpc) is 2.03. The van der Waals surface area contributed by atoms with Gasteiger partial charge in [0.25, 0.3) is 0 Å². The molecule has 0 heterocycles. The van der Waals surface area contributed by atoms with Crippen molar-refractivity contribution in [3.63, 3.8) is 0 Å². The number of carbonyl (C=O) groups excluding carboxylic acids is 1. The van der Waals surface area contributed by atoms with Crippen molar-refractivity contribution >= 4 is 17.8 Å². The summed E-state index contributed by atoms with van der Waals surface area (Å²) in [5, 5.41) is 14.8. The second-order valence-corrected chi connectivity index (χ2v) is 2.98. The standard InChI is InChI=1S/C6H14N2O.C2H2O4/c1-8(2)5-3-4-6(7)9;3-1(4)2(5)6/h3-5H2,1-2H3,(H2,7,9);(H,3,4)(H,5,6). The van der Waals surface area contributed by atoms with Crippen LogP contribution in [0.4, 0.5) is 0 Å². The van der Waals surface area contributed by atoms with Crippen LogP contribution in [0.2, 0.25) is 0 Å². The van der Waals surface area contributed by atoms with Gasteiger partial charge in [-0.2, -0.15) is 0 Å². The summed E-state index contributed by atoms with van der Waals surface area (Å²) in [7, 11) is 3.95. The lowest BCUT2D eigenvalue weighted by Crippen LogP contribution is -2.17. The van der Waals surface area contributed by atoms with Crippen LogP contribution in [0.3, 0.4) is 0 Å². The average molecular weight is 220 g/mol. The molecule has 7 nitrogen and oxygen atoms in total. The van der Waals surface area contributed by atoms with Gasteiger partial charge in [-0.1, -0.05) is 0 Å². The van der Waals surface area contributed by atoms with Gasteiger partial charge in [-0.15, -0.1) is 0 Å². The zero-order valence-electron chi connectivity index (χ0n) is 8.77. The van der Waals surface area contributed by atoms with Gasteiger partial charge in [0.05, 0.1) is 0 Å². The second kappa shape index (κ2) is 8.95. The Morgan fingerprint density at radius 2 is 1.53 bits per heavy atom. The Labute approximate surface area is 87.5 Å². The fourth-order valence-corrected chi connectivity index (χ4v) is 0.570. The van der Waals surface area contributed by atoms with E-state index in [4.69, 9.17) is 25.5 Å². The van der Waals surface area contributed by atoms with Gasteiger partial charge in [0.15, 0.2) is 0 Å². The van der Waals surface area contributed by atoms with E-state index in [2.05, 4.69) is 0 Å². The van der Waals surface area contributed by atoms with Gasteiger partial charge in [-0.3, -0.25) is 4.79 Å². The molecular formula is C8H16N2O5. The molecule has 0 spiro atoms. The molecule has 0 aromatic carbocycles. The highest BCUT2D eigenvalue weighted by atomic mass is 16.4. The summed E-state index contributed by atoms with van der Waals surface area (Å²) in [6.45, 7) is 0.933. The molecule has 0 saturated carbocycles. The molecule has 0 aliphatic rings. The van der Waals surface area contributed by atoms with E-state index in [-0.39, 0.29) is 5.91 Å². The predicted molar refractivity (Wildman–Crippen MR) is 52.3 cm³/mol. The molecule has 0 aliphatic carbocycles. The molecule has 0 atom stereocenters. The van der Waals surface area contributed by atoms with Crippen molar-refractivity contribution in [2.24, 2.45) is 5.73 Å². The van der Waals surface area contributed by atoms with Crippen LogP contribution in [-0.2, 0) is 14.4 Å². The highest BCUT2D eigenvalue weighted by Gasteiger charge is 2.04. The number of hydrogen-bond donors (Lipinski definition) is 3. The van der Waals surface area contributed by atoms with Gasteiger partial charge in [0.1, 0.15) is 0 Å². The van der Waals surface area contributed by atoms with Gasteiger partial charge in [0.2, 0.25) is 5.91 Å². The summed E-state index contributed by atoms with van der Waals surface area (Å²) in [6.07, 6.45) is 1.36. The highest BCUT2D eigenvalue weighted by molar-refractivity contribution is 6.27. The Morgan fingerprint density at radius 1 is 1.13 bits per heavy atom. The van der Waals surface area contributed by atoms with E-state index in [1.807, 2.05) is 19.0 Å². The van der Waals surface area contributed by atoms with Crippen LogP contribution in [0.15, 0.2) is 0 Å². The quantitative estimate of drug-likeness (QED) is 0.521. The third kappa shape index (κ3) is 19.0. The van der Waals surface area contributed by atoms with Crippen molar-refractivity contribution in [3.05, 3.63) is 0 Å². The Kier molecular flexibility index (Phi) is 9.44. The molecule has 0 unspecified atom stereocenters. The Morgan fingerprint density at radius 3 is 1.73 bits per heavy atom. The Hall–Kier alpha value is -1.63. The maximum atomic E-state index is 10.2. The van der Waals surface area contributed by atoms with E-state index in [0.29, 0.717) is 6.42 Å². The fraction of sp³-hybridized carbons (Fsp3) is 0.625. The van der Waals surface area contributed by atoms with Crippen LogP contribution in [0.1, 0.15) is 12.8 Å². The predicted octanol–water partition coefficient (Wildman–Crippen LogP) is -1.03. The van der Waals surface area contributed by atoms with Gasteiger partial charge in [-0.05, 0) is 27.1 Å². The van der Waals surface area contributed by atoms with Gasteiger partial charge in [0, 0.05) is 6.42 Å². The van der Waals surface area contributed by atoms with Crippen molar-refractivity contribution in [1.29, 1.82) is 0 Å². The van der Waals surface area contributed by atoms with E-state index < -0.39 is 11.9 Å². The minimum absolute atomic E-state index is 0.211. The molecule has 0 saturated heterocycles. The van der Waals surface area contributed by atoms with Crippen LogP contribution in [-0.4, -0.2) is 53.6 Å². The fourth-order valence-electron chi connectivity index (χ4n) is 0.570. The minimum Gasteiger partial charge on any atom is -0.473 e. The van der Waals surface area contributed by atoms with Gasteiger partial charge >= 0.3 is 11.9 Å². The smallest absolute Gasteiger partial charge is 0.414 e. The summed E-state index contributed by atoms with van der Waals surface area (Å²) < 4.78 is 0. The SMILES string of the molecule is CN(C)CCCC(N)=O.O=C(O)C(=O)O. The number of rotatable bonds is 4. The van der Waals surface area contributed by atoms with Crippen molar-refractivity contribution in [3.8, 4) is 0 Å². The normalized spacial score (nSPS) is 9.00. The molecule has 0 aliphatic heterocycles. The topological polar surface area (TPSA) is 121 Å². The van der Waals surface area contributed by atoms with E-state index in [1.54, 1.807) is 0 Å². The van der Waals surface area contributed by atoms with Crippen LogP contribution < -0.4 is 5.73 Å². The van der Waals surface area contributed by atoms with Crippen LogP contribution in [0.25, 0.3) is 0 Å². The number of primary amides is 1. The van der Waals surface area contributed by atoms with Crippen molar-refractivity contribution in [2.45, 2.75) is 12.8 Å². The lowest BCUT2D eigenvalue weighted by atomic mass is 10.3. The van der Waals surface area contributed by atoms with E-state index in [0.717, 1.165) is 13.0 Å². The largest absolute Gasteiger partial charge is 0.473 e. The zero-order valence-corrected chi connectivity index (χ0v) is 8.77. The van der Waals surface area contributed by atoms with Gasteiger partial charge in [-0.25, -0.2) is 9.59 Å². The first-order chi connectivity index (χ1) is 6.77. The third-order valence-corrected chi connectivity index (χ3v) is 1.21. The van der Waals surface area contributed by atoms with E-state index in [9.17, 15) is 4.79 Å². The van der Waals surface area contributed by atoms with Crippen molar-refractivity contribution in [1.82, 2.24) is 4.90 Å². The summed E-state index contributed by atoms with van der Waals surface area (Å²) in [5.74, 6) is -3.86. The number of carboxylic acids is 2. The Balaban J connectivity index is 0. The number of aliphatic carboxylic acids is 2. The van der Waals surface area contributed by atoms with E-state index in [1.165, 1.54) is 0 Å². The molecule has 0 rings (SSSR count). The maximum Gasteiger partial charge on any atom is 0.414 e. The zero-order chi connectivity index (χ0) is 12.4. The summed E-state index contributed by atoms with van der Waals surface area (Å²) in [4.78, 5) is 30.4. The first kappa shape index (κ1) is 15.8. The first-order valence-corrected chi connectivity index (χ1v) is 4.16. The number of hydrogen-bond acceptors (Lipinski definition) is 4. The lowest BCUT2D eigenvalue weighted by molar-refractivity contribution is -0.159. The third-order valence-electron chi connectivity index (χ3n) is 1.21. The molecule has 4 N–H and O–H groups in total. The van der Waals surface area contributed by atoms with Gasteiger partial charge < -0.3 is 20.8 Å². The summed E-state index contributed by atoms with van der Waals surface area (Å²) in [5.41, 5.74) is 4.92. The second-order valence-electron chi connectivity index (χ2n) is 2.98. The summed E-state index contributed by atoms with van der Waals surface area (Å²) >= 11 is 0. The van der Waals surface area contributed by atoms with Crippen molar-refractivity contribution in [2.75, 3.05) is 20.6 Å². The number of nitrogens with zero attached hydrogens (tertiary/aromatic N) is 1. The highest BCUT2D eigenvalue weighted by Crippen LogP contribution is 1.87. The molecule has 0 aromatic rings. The maximum absolute atomic E-state index is 10.2. The lowest BCUT2D eigenvalue weighted by Gasteiger charge is -2.06. The first-order valence-electron chi connectivity index (χ1n) is 4.16. The molecule has 0 aromatic heterocycles. The molecule has 7 heteroatoms. The van der Waals surface area contributed by atoms with Crippen LogP contribution in [0.5, 0.6) is 0 Å². The Bertz CT molecular complexity index is 215. The number of carboxylic acid groups (broad SMARTS) is 2. The number of nitrogens with two attached hydrogens (primary N) is 1. The molecule has 15 heavy (non-hydrogen) atoms. The van der Waals surface area contributed by atoms with Crippen LogP contribution in [0, 0.1) is 0 Å². The van der Waals surface area contributed by atoms with Crippen molar-refractivity contribution < 1.29 is 24.6 Å². The van der Waals surface area contributed by atoms with E-state index >= 15 is 0 Å². The molecule has 0 bridgehead atoms. The molecule has 0 radical (unpaired) electrons. The molecule has 88 valence electrons. The monoisotopic (exact) mass is 220 g/mol. The number of amides is 1. The molecule has 0 fully saturated rings.